The Morgan fingerprint density at radius 3 is 2.36 bits per heavy atom. The van der Waals surface area contributed by atoms with E-state index in [4.69, 9.17) is 0 Å². The highest BCUT2D eigenvalue weighted by molar-refractivity contribution is 7.08. The van der Waals surface area contributed by atoms with Crippen molar-refractivity contribution < 1.29 is 9.90 Å². The van der Waals surface area contributed by atoms with E-state index in [1.165, 1.54) is 0 Å². The summed E-state index contributed by atoms with van der Waals surface area (Å²) in [4.78, 5) is 12.0. The maximum atomic E-state index is 12.0. The van der Waals surface area contributed by atoms with Gasteiger partial charge in [0.1, 0.15) is 5.60 Å². The zero-order valence-electron chi connectivity index (χ0n) is 14.1. The van der Waals surface area contributed by atoms with Gasteiger partial charge in [0, 0.05) is 0 Å². The van der Waals surface area contributed by atoms with Crippen LogP contribution in [0.3, 0.4) is 0 Å². The van der Waals surface area contributed by atoms with E-state index < -0.39 is 5.60 Å². The monoisotopic (exact) mass is 351 g/mol. The average Bonchev–Trinajstić information content (AvgIpc) is 3.14. The molecule has 1 amide bonds. The van der Waals surface area contributed by atoms with E-state index >= 15 is 0 Å². The predicted octanol–water partition coefficient (Wildman–Crippen LogP) is 3.98. The Morgan fingerprint density at radius 2 is 1.72 bits per heavy atom. The van der Waals surface area contributed by atoms with Crippen molar-refractivity contribution in [1.29, 1.82) is 0 Å². The number of hydrogen-bond donors (Lipinski definition) is 2. The number of nitrogens with one attached hydrogen (secondary N) is 1. The lowest BCUT2D eigenvalue weighted by Crippen LogP contribution is -2.39. The first-order valence-electron chi connectivity index (χ1n) is 8.21. The highest BCUT2D eigenvalue weighted by Gasteiger charge is 2.23. The number of benzene rings is 2. The first-order chi connectivity index (χ1) is 12.0. The van der Waals surface area contributed by atoms with Crippen molar-refractivity contribution in [3.8, 4) is 11.1 Å². The summed E-state index contributed by atoms with van der Waals surface area (Å²) in [5, 5.41) is 17.4. The summed E-state index contributed by atoms with van der Waals surface area (Å²) in [5.41, 5.74) is 2.90. The van der Waals surface area contributed by atoms with E-state index in [2.05, 4.69) is 17.4 Å². The van der Waals surface area contributed by atoms with Crippen molar-refractivity contribution in [2.75, 3.05) is 6.54 Å². The van der Waals surface area contributed by atoms with Crippen LogP contribution in [0.15, 0.2) is 71.4 Å². The van der Waals surface area contributed by atoms with Crippen LogP contribution in [0.25, 0.3) is 11.1 Å². The summed E-state index contributed by atoms with van der Waals surface area (Å²) in [6.07, 6.45) is 0.340. The molecule has 0 aliphatic heterocycles. The molecule has 0 saturated carbocycles. The summed E-state index contributed by atoms with van der Waals surface area (Å²) in [6, 6.07) is 19.8. The van der Waals surface area contributed by atoms with E-state index in [1.807, 2.05) is 59.3 Å². The molecule has 3 aromatic rings. The Kier molecular flexibility index (Phi) is 5.31. The van der Waals surface area contributed by atoms with Crippen LogP contribution in [0.1, 0.15) is 18.1 Å². The number of carbonyl (C=O) groups excluding carboxylic acids is 1. The molecule has 0 unspecified atom stereocenters. The van der Waals surface area contributed by atoms with E-state index in [9.17, 15) is 9.90 Å². The first-order valence-corrected chi connectivity index (χ1v) is 9.15. The van der Waals surface area contributed by atoms with Crippen LogP contribution in [-0.4, -0.2) is 17.6 Å². The van der Waals surface area contributed by atoms with Gasteiger partial charge in [-0.2, -0.15) is 11.3 Å². The highest BCUT2D eigenvalue weighted by Crippen LogP contribution is 2.24. The third kappa shape index (κ3) is 4.56. The van der Waals surface area contributed by atoms with Crippen LogP contribution in [-0.2, 0) is 16.8 Å². The molecule has 1 aromatic heterocycles. The molecule has 0 fully saturated rings. The minimum absolute atomic E-state index is 0.0837. The minimum Gasteiger partial charge on any atom is -0.384 e. The van der Waals surface area contributed by atoms with Gasteiger partial charge in [0.2, 0.25) is 5.91 Å². The molecule has 1 atom stereocenters. The molecule has 2 aromatic carbocycles. The minimum atomic E-state index is -1.11. The molecule has 3 nitrogen and oxygen atoms in total. The second-order valence-corrected chi connectivity index (χ2v) is 7.08. The van der Waals surface area contributed by atoms with Crippen molar-refractivity contribution in [2.24, 2.45) is 0 Å². The lowest BCUT2D eigenvalue weighted by Gasteiger charge is -2.24. The molecule has 25 heavy (non-hydrogen) atoms. The Labute approximate surface area is 152 Å². The van der Waals surface area contributed by atoms with Gasteiger partial charge in [-0.1, -0.05) is 54.6 Å². The molecule has 0 aliphatic rings. The van der Waals surface area contributed by atoms with Crippen molar-refractivity contribution in [1.82, 2.24) is 5.32 Å². The van der Waals surface area contributed by atoms with Crippen molar-refractivity contribution in [3.63, 3.8) is 0 Å². The van der Waals surface area contributed by atoms with Gasteiger partial charge in [-0.05, 0) is 46.0 Å². The molecule has 0 spiro atoms. The fourth-order valence-corrected chi connectivity index (χ4v) is 3.33. The van der Waals surface area contributed by atoms with Crippen LogP contribution in [0, 0.1) is 0 Å². The Hall–Kier alpha value is -2.43. The van der Waals surface area contributed by atoms with Gasteiger partial charge < -0.3 is 10.4 Å². The molecule has 1 heterocycles. The van der Waals surface area contributed by atoms with Crippen molar-refractivity contribution in [3.05, 3.63) is 82.6 Å². The number of thiophene rings is 1. The molecule has 4 heteroatoms. The van der Waals surface area contributed by atoms with Gasteiger partial charge in [0.25, 0.3) is 0 Å². The molecule has 2 N–H and O–H groups in total. The fourth-order valence-electron chi connectivity index (χ4n) is 2.67. The van der Waals surface area contributed by atoms with Crippen LogP contribution in [0.5, 0.6) is 0 Å². The van der Waals surface area contributed by atoms with E-state index in [-0.39, 0.29) is 12.5 Å². The Morgan fingerprint density at radius 1 is 1.04 bits per heavy atom. The van der Waals surface area contributed by atoms with Gasteiger partial charge in [-0.25, -0.2) is 0 Å². The van der Waals surface area contributed by atoms with Crippen molar-refractivity contribution in [2.45, 2.75) is 18.9 Å². The summed E-state index contributed by atoms with van der Waals surface area (Å²) in [7, 11) is 0. The highest BCUT2D eigenvalue weighted by atomic mass is 32.1. The molecular weight excluding hydrogens is 330 g/mol. The number of carbonyl (C=O) groups is 1. The quantitative estimate of drug-likeness (QED) is 0.706. The predicted molar refractivity (Wildman–Crippen MR) is 102 cm³/mol. The normalized spacial score (nSPS) is 13.2. The number of amides is 1. The van der Waals surface area contributed by atoms with Crippen LogP contribution in [0.4, 0.5) is 0 Å². The average molecular weight is 351 g/mol. The summed E-state index contributed by atoms with van der Waals surface area (Å²) in [6.45, 7) is 1.90. The molecule has 3 rings (SSSR count). The maximum Gasteiger partial charge on any atom is 0.224 e. The Bertz CT molecular complexity index is 809. The second kappa shape index (κ2) is 7.64. The van der Waals surface area contributed by atoms with E-state index in [0.29, 0.717) is 6.42 Å². The summed E-state index contributed by atoms with van der Waals surface area (Å²) < 4.78 is 0. The second-order valence-electron chi connectivity index (χ2n) is 6.30. The van der Waals surface area contributed by atoms with Crippen molar-refractivity contribution >= 4 is 17.2 Å². The number of aliphatic hydroxyl groups is 1. The van der Waals surface area contributed by atoms with Gasteiger partial charge in [-0.15, -0.1) is 0 Å². The van der Waals surface area contributed by atoms with Gasteiger partial charge in [-0.3, -0.25) is 4.79 Å². The fraction of sp³-hybridized carbons (Fsp3) is 0.190. The molecule has 0 bridgehead atoms. The van der Waals surface area contributed by atoms with Crippen LogP contribution in [0.2, 0.25) is 0 Å². The van der Waals surface area contributed by atoms with Gasteiger partial charge in [0.15, 0.2) is 0 Å². The first kappa shape index (κ1) is 17.4. The molecule has 0 saturated heterocycles. The third-order valence-corrected chi connectivity index (χ3v) is 4.92. The maximum absolute atomic E-state index is 12.0. The standard InChI is InChI=1S/C21H21NO2S/c1-21(24,15-22-20(23)13-16-11-12-25-14-16)19-9-7-18(8-10-19)17-5-3-2-4-6-17/h2-12,14,24H,13,15H2,1H3,(H,22,23)/t21-/m1/s1. The zero-order chi connectivity index (χ0) is 17.7. The lowest BCUT2D eigenvalue weighted by atomic mass is 9.93. The molecular formula is C21H21NO2S. The van der Waals surface area contributed by atoms with Gasteiger partial charge in [0.05, 0.1) is 13.0 Å². The molecule has 128 valence electrons. The smallest absolute Gasteiger partial charge is 0.224 e. The largest absolute Gasteiger partial charge is 0.384 e. The lowest BCUT2D eigenvalue weighted by molar-refractivity contribution is -0.121. The summed E-state index contributed by atoms with van der Waals surface area (Å²) >= 11 is 1.57. The summed E-state index contributed by atoms with van der Waals surface area (Å²) in [5.74, 6) is -0.0837. The number of hydrogen-bond acceptors (Lipinski definition) is 3. The third-order valence-electron chi connectivity index (χ3n) is 4.19. The van der Waals surface area contributed by atoms with E-state index in [0.717, 1.165) is 22.3 Å². The zero-order valence-corrected chi connectivity index (χ0v) is 14.9. The SMILES string of the molecule is C[C@@](O)(CNC(=O)Cc1ccsc1)c1ccc(-c2ccccc2)cc1. The number of rotatable bonds is 6. The molecule has 0 radical (unpaired) electrons. The molecule has 0 aliphatic carbocycles. The van der Waals surface area contributed by atoms with Crippen LogP contribution < -0.4 is 5.32 Å². The van der Waals surface area contributed by atoms with E-state index in [1.54, 1.807) is 18.3 Å². The van der Waals surface area contributed by atoms with Crippen LogP contribution >= 0.6 is 11.3 Å². The van der Waals surface area contributed by atoms with Gasteiger partial charge >= 0.3 is 0 Å². The Balaban J connectivity index is 1.62. The topological polar surface area (TPSA) is 49.3 Å².